The first kappa shape index (κ1) is 14.5. The number of rotatable bonds is 3. The maximum atomic E-state index is 11.9. The first-order valence-corrected chi connectivity index (χ1v) is 7.36. The molecule has 4 nitrogen and oxygen atoms in total. The standard InChI is InChI=1S/C15H17N3OS/c1-11(2)5-6-13-10-20-15(17-13)18-14(19)8-12-4-3-7-16-9-12/h3-7,9H,8,10H2,1-2H3,(H,17,18,19)/b13-6+. The lowest BCUT2D eigenvalue weighted by Gasteiger charge is -2.02. The zero-order valence-electron chi connectivity index (χ0n) is 11.6. The highest BCUT2D eigenvalue weighted by molar-refractivity contribution is 8.14. The number of carbonyl (C=O) groups is 1. The molecule has 0 aromatic carbocycles. The van der Waals surface area contributed by atoms with Crippen molar-refractivity contribution in [3.05, 3.63) is 53.5 Å². The Bertz CT molecular complexity index is 572. The van der Waals surface area contributed by atoms with Crippen LogP contribution in [0, 0.1) is 0 Å². The van der Waals surface area contributed by atoms with E-state index in [1.54, 1.807) is 24.2 Å². The number of allylic oxidation sites excluding steroid dienone is 3. The van der Waals surface area contributed by atoms with Crippen molar-refractivity contribution in [2.45, 2.75) is 20.3 Å². The monoisotopic (exact) mass is 287 g/mol. The molecule has 0 atom stereocenters. The second-order valence-corrected chi connectivity index (χ2v) is 5.66. The first-order valence-electron chi connectivity index (χ1n) is 6.38. The summed E-state index contributed by atoms with van der Waals surface area (Å²) in [6.45, 7) is 4.08. The minimum atomic E-state index is -0.0623. The lowest BCUT2D eigenvalue weighted by Crippen LogP contribution is -2.28. The summed E-state index contributed by atoms with van der Waals surface area (Å²) in [6.07, 6.45) is 7.73. The van der Waals surface area contributed by atoms with E-state index in [2.05, 4.69) is 15.3 Å². The predicted molar refractivity (Wildman–Crippen MR) is 83.5 cm³/mol. The van der Waals surface area contributed by atoms with E-state index in [0.29, 0.717) is 11.6 Å². The second kappa shape index (κ2) is 7.05. The fourth-order valence-electron chi connectivity index (χ4n) is 1.60. The van der Waals surface area contributed by atoms with Gasteiger partial charge >= 0.3 is 0 Å². The van der Waals surface area contributed by atoms with Gasteiger partial charge in [0.25, 0.3) is 0 Å². The Morgan fingerprint density at radius 3 is 3.05 bits per heavy atom. The van der Waals surface area contributed by atoms with E-state index < -0.39 is 0 Å². The normalized spacial score (nSPS) is 15.9. The van der Waals surface area contributed by atoms with Crippen LogP contribution in [0.25, 0.3) is 0 Å². The van der Waals surface area contributed by atoms with Crippen LogP contribution in [0.3, 0.4) is 0 Å². The van der Waals surface area contributed by atoms with Crippen LogP contribution in [0.4, 0.5) is 0 Å². The van der Waals surface area contributed by atoms with Crippen LogP contribution >= 0.6 is 11.8 Å². The zero-order chi connectivity index (χ0) is 14.4. The lowest BCUT2D eigenvalue weighted by molar-refractivity contribution is -0.119. The molecule has 0 saturated heterocycles. The third-order valence-corrected chi connectivity index (χ3v) is 3.45. The maximum absolute atomic E-state index is 11.9. The number of thioether (sulfide) groups is 1. The summed E-state index contributed by atoms with van der Waals surface area (Å²) in [5.41, 5.74) is 3.11. The van der Waals surface area contributed by atoms with Gasteiger partial charge in [-0.05, 0) is 31.6 Å². The summed E-state index contributed by atoms with van der Waals surface area (Å²) < 4.78 is 0. The number of aliphatic imine (C=N–C) groups is 1. The molecule has 1 amide bonds. The summed E-state index contributed by atoms with van der Waals surface area (Å²) in [5.74, 6) is 0.736. The van der Waals surface area contributed by atoms with E-state index in [-0.39, 0.29) is 5.91 Å². The summed E-state index contributed by atoms with van der Waals surface area (Å²) >= 11 is 1.55. The number of carbonyl (C=O) groups excluding carboxylic acids is 1. The Kier molecular flexibility index (Phi) is 5.12. The molecular weight excluding hydrogens is 270 g/mol. The molecule has 0 bridgehead atoms. The highest BCUT2D eigenvalue weighted by Crippen LogP contribution is 2.19. The van der Waals surface area contributed by atoms with Crippen LogP contribution in [0.2, 0.25) is 0 Å². The third-order valence-electron chi connectivity index (χ3n) is 2.54. The third kappa shape index (κ3) is 4.66. The predicted octanol–water partition coefficient (Wildman–Crippen LogP) is 2.69. The van der Waals surface area contributed by atoms with Crippen LogP contribution in [0.1, 0.15) is 19.4 Å². The van der Waals surface area contributed by atoms with Gasteiger partial charge in [0.15, 0.2) is 5.17 Å². The Morgan fingerprint density at radius 1 is 1.50 bits per heavy atom. The van der Waals surface area contributed by atoms with Gasteiger partial charge in [0.1, 0.15) is 0 Å². The Morgan fingerprint density at radius 2 is 2.35 bits per heavy atom. The molecule has 0 fully saturated rings. The topological polar surface area (TPSA) is 54.4 Å². The summed E-state index contributed by atoms with van der Waals surface area (Å²) in [4.78, 5) is 20.3. The van der Waals surface area contributed by atoms with Crippen molar-refractivity contribution in [2.75, 3.05) is 5.75 Å². The number of hydrogen-bond donors (Lipinski definition) is 1. The second-order valence-electron chi connectivity index (χ2n) is 4.69. The summed E-state index contributed by atoms with van der Waals surface area (Å²) in [5, 5.41) is 3.50. The molecule has 1 aromatic heterocycles. The summed E-state index contributed by atoms with van der Waals surface area (Å²) in [6, 6.07) is 3.71. The van der Waals surface area contributed by atoms with Crippen LogP contribution in [0.15, 0.2) is 52.9 Å². The molecule has 20 heavy (non-hydrogen) atoms. The average molecular weight is 287 g/mol. The van der Waals surface area contributed by atoms with E-state index in [4.69, 9.17) is 0 Å². The Labute approximate surface area is 123 Å². The molecular formula is C15H17N3OS. The number of amides is 1. The van der Waals surface area contributed by atoms with E-state index >= 15 is 0 Å². The van der Waals surface area contributed by atoms with Crippen molar-refractivity contribution in [1.82, 2.24) is 10.3 Å². The van der Waals surface area contributed by atoms with Gasteiger partial charge in [0.2, 0.25) is 5.91 Å². The highest BCUT2D eigenvalue weighted by Gasteiger charge is 2.14. The SMILES string of the molecule is CC(C)=C/C=C1\CSC(NC(=O)Cc2cccnc2)=N1. The highest BCUT2D eigenvalue weighted by atomic mass is 32.2. The maximum Gasteiger partial charge on any atom is 0.230 e. The Balaban J connectivity index is 1.91. The van der Waals surface area contributed by atoms with Gasteiger partial charge in [-0.3, -0.25) is 9.78 Å². The van der Waals surface area contributed by atoms with Gasteiger partial charge in [-0.15, -0.1) is 0 Å². The number of nitrogens with zero attached hydrogens (tertiary/aromatic N) is 2. The molecule has 1 aliphatic heterocycles. The smallest absolute Gasteiger partial charge is 0.230 e. The minimum absolute atomic E-state index is 0.0623. The molecule has 104 valence electrons. The molecule has 0 spiro atoms. The fraction of sp³-hybridized carbons (Fsp3) is 0.267. The van der Waals surface area contributed by atoms with Crippen molar-refractivity contribution in [3.63, 3.8) is 0 Å². The molecule has 1 aromatic rings. The molecule has 1 N–H and O–H groups in total. The molecule has 0 radical (unpaired) electrons. The number of aromatic nitrogens is 1. The quantitative estimate of drug-likeness (QED) is 0.930. The van der Waals surface area contributed by atoms with Gasteiger partial charge in [0.05, 0.1) is 12.1 Å². The molecule has 5 heteroatoms. The molecule has 1 aliphatic rings. The minimum Gasteiger partial charge on any atom is -0.305 e. The van der Waals surface area contributed by atoms with Crippen LogP contribution in [-0.2, 0) is 11.2 Å². The number of pyridine rings is 1. The van der Waals surface area contributed by atoms with E-state index in [1.165, 1.54) is 5.57 Å². The van der Waals surface area contributed by atoms with Crippen molar-refractivity contribution in [1.29, 1.82) is 0 Å². The van der Waals surface area contributed by atoms with Gasteiger partial charge in [-0.2, -0.15) is 0 Å². The van der Waals surface area contributed by atoms with Crippen LogP contribution in [-0.4, -0.2) is 21.8 Å². The van der Waals surface area contributed by atoms with E-state index in [1.807, 2.05) is 38.1 Å². The molecule has 0 aliphatic carbocycles. The Hall–Kier alpha value is -1.88. The van der Waals surface area contributed by atoms with Crippen LogP contribution in [0.5, 0.6) is 0 Å². The zero-order valence-corrected chi connectivity index (χ0v) is 12.4. The number of amidine groups is 1. The van der Waals surface area contributed by atoms with Crippen molar-refractivity contribution < 1.29 is 4.79 Å². The lowest BCUT2D eigenvalue weighted by atomic mass is 10.2. The molecule has 2 heterocycles. The fourth-order valence-corrected chi connectivity index (χ4v) is 2.41. The first-order chi connectivity index (χ1) is 9.63. The van der Waals surface area contributed by atoms with Crippen molar-refractivity contribution >= 4 is 22.8 Å². The molecule has 2 rings (SSSR count). The van der Waals surface area contributed by atoms with Gasteiger partial charge in [-0.25, -0.2) is 4.99 Å². The molecule has 0 unspecified atom stereocenters. The largest absolute Gasteiger partial charge is 0.305 e. The van der Waals surface area contributed by atoms with Gasteiger partial charge in [0, 0.05) is 18.1 Å². The number of nitrogens with one attached hydrogen (secondary N) is 1. The van der Waals surface area contributed by atoms with Crippen LogP contribution < -0.4 is 5.32 Å². The van der Waals surface area contributed by atoms with Crippen molar-refractivity contribution in [3.8, 4) is 0 Å². The van der Waals surface area contributed by atoms with Gasteiger partial charge < -0.3 is 5.32 Å². The van der Waals surface area contributed by atoms with E-state index in [9.17, 15) is 4.79 Å². The average Bonchev–Trinajstić information content (AvgIpc) is 2.85. The van der Waals surface area contributed by atoms with Gasteiger partial charge in [-0.1, -0.05) is 29.5 Å². The number of hydrogen-bond acceptors (Lipinski definition) is 4. The van der Waals surface area contributed by atoms with E-state index in [0.717, 1.165) is 17.0 Å². The summed E-state index contributed by atoms with van der Waals surface area (Å²) in [7, 11) is 0. The van der Waals surface area contributed by atoms with Crippen molar-refractivity contribution in [2.24, 2.45) is 4.99 Å². The molecule has 0 saturated carbocycles.